The molecule has 5 heterocycles. The van der Waals surface area contributed by atoms with Crippen LogP contribution in [0.3, 0.4) is 0 Å². The van der Waals surface area contributed by atoms with Gasteiger partial charge in [0.15, 0.2) is 17.4 Å². The topological polar surface area (TPSA) is 124 Å². The number of nitrogens with one attached hydrogen (secondary N) is 1. The Bertz CT molecular complexity index is 1890. The highest BCUT2D eigenvalue weighted by atomic mass is 35.5. The third kappa shape index (κ3) is 4.98. The van der Waals surface area contributed by atoms with Crippen LogP contribution in [-0.2, 0) is 4.79 Å². The van der Waals surface area contributed by atoms with Crippen molar-refractivity contribution >= 4 is 34.9 Å². The zero-order valence-electron chi connectivity index (χ0n) is 22.8. The Labute approximate surface area is 254 Å². The van der Waals surface area contributed by atoms with Gasteiger partial charge < -0.3 is 14.8 Å². The van der Waals surface area contributed by atoms with Gasteiger partial charge in [-0.15, -0.1) is 8.78 Å². The number of fused-ring (bicyclic) bond motifs is 2. The lowest BCUT2D eigenvalue weighted by Gasteiger charge is -2.20. The summed E-state index contributed by atoms with van der Waals surface area (Å²) in [7, 11) is 0. The molecule has 2 fully saturated rings. The molecule has 1 aliphatic carbocycles. The lowest BCUT2D eigenvalue weighted by molar-refractivity contribution is -0.286. The van der Waals surface area contributed by atoms with Crippen LogP contribution < -0.4 is 19.7 Å². The molecule has 0 spiro atoms. The molecule has 0 bridgehead atoms. The van der Waals surface area contributed by atoms with E-state index in [2.05, 4.69) is 25.4 Å². The number of nitrogens with zero attached hydrogens (tertiary/aromatic N) is 6. The zero-order chi connectivity index (χ0) is 31.8. The SMILES string of the molecule is CC(c1cnc(N2C[C@H]3C[C@H]3C2=O)c2c1OC(F)(F)O2)n1cc(NC(=O)c2cncc(-c3c(C(F)F)ccc(Cl)c3F)n2)cn1. The largest absolute Gasteiger partial charge is 0.586 e. The zero-order valence-corrected chi connectivity index (χ0v) is 23.6. The highest BCUT2D eigenvalue weighted by Crippen LogP contribution is 2.54. The van der Waals surface area contributed by atoms with Crippen LogP contribution in [-0.4, -0.2) is 49.4 Å². The summed E-state index contributed by atoms with van der Waals surface area (Å²) >= 11 is 5.79. The first-order valence-electron chi connectivity index (χ1n) is 13.5. The Balaban J connectivity index is 1.13. The summed E-state index contributed by atoms with van der Waals surface area (Å²) in [6.07, 6.45) is -0.254. The van der Waals surface area contributed by atoms with E-state index in [9.17, 15) is 31.5 Å². The number of amides is 2. The molecular weight excluding hydrogens is 629 g/mol. The predicted molar refractivity (Wildman–Crippen MR) is 146 cm³/mol. The molecule has 17 heteroatoms. The maximum Gasteiger partial charge on any atom is 0.586 e. The fraction of sp³-hybridized carbons (Fsp3) is 0.286. The molecule has 1 N–H and O–H groups in total. The molecule has 2 aliphatic heterocycles. The number of carbonyl (C=O) groups is 2. The minimum absolute atomic E-state index is 0.0505. The van der Waals surface area contributed by atoms with Crippen LogP contribution in [0.25, 0.3) is 11.3 Å². The summed E-state index contributed by atoms with van der Waals surface area (Å²) in [5.41, 5.74) is -1.61. The van der Waals surface area contributed by atoms with Crippen molar-refractivity contribution in [2.75, 3.05) is 16.8 Å². The molecule has 1 aromatic carbocycles. The first-order valence-corrected chi connectivity index (χ1v) is 13.8. The molecule has 0 radical (unpaired) electrons. The van der Waals surface area contributed by atoms with Crippen LogP contribution in [0.1, 0.15) is 47.4 Å². The molecule has 1 unspecified atom stereocenters. The molecule has 7 rings (SSSR count). The quantitative estimate of drug-likeness (QED) is 0.256. The third-order valence-electron chi connectivity index (χ3n) is 7.81. The van der Waals surface area contributed by atoms with Crippen LogP contribution in [0.5, 0.6) is 11.5 Å². The maximum atomic E-state index is 14.7. The van der Waals surface area contributed by atoms with Gasteiger partial charge in [-0.3, -0.25) is 24.2 Å². The van der Waals surface area contributed by atoms with Crippen LogP contribution in [0.4, 0.5) is 33.5 Å². The predicted octanol–water partition coefficient (Wildman–Crippen LogP) is 5.63. The first kappa shape index (κ1) is 28.9. The second-order valence-electron chi connectivity index (χ2n) is 10.7. The number of benzene rings is 1. The van der Waals surface area contributed by atoms with E-state index < -0.39 is 46.6 Å². The number of rotatable bonds is 7. The summed E-state index contributed by atoms with van der Waals surface area (Å²) < 4.78 is 81.3. The standard InChI is InChI=1S/C28H19ClF5N7O4/c1-11(16-6-36-25(23-22(16)44-28(33,34)45-23)40-9-12-4-15(12)27(40)43)41-10-13(5-37-41)38-26(42)19-8-35-7-18(39-19)20-14(24(31)32)2-3-17(29)21(20)30/h2-3,5-8,10-12,15,24H,4,9H2,1H3,(H,38,42)/t11?,12-,15-/m1/s1. The van der Waals surface area contributed by atoms with E-state index in [-0.39, 0.29) is 57.7 Å². The van der Waals surface area contributed by atoms with E-state index in [0.717, 1.165) is 30.9 Å². The highest BCUT2D eigenvalue weighted by molar-refractivity contribution is 6.31. The molecular formula is C28H19ClF5N7O4. The highest BCUT2D eigenvalue weighted by Gasteiger charge is 2.55. The average molecular weight is 648 g/mol. The van der Waals surface area contributed by atoms with Gasteiger partial charge in [0, 0.05) is 41.5 Å². The van der Waals surface area contributed by atoms with Gasteiger partial charge in [-0.2, -0.15) is 5.10 Å². The fourth-order valence-electron chi connectivity index (χ4n) is 5.45. The second kappa shape index (κ2) is 10.4. The van der Waals surface area contributed by atoms with E-state index >= 15 is 0 Å². The number of pyridine rings is 1. The van der Waals surface area contributed by atoms with Gasteiger partial charge in [0.05, 0.1) is 41.0 Å². The molecule has 11 nitrogen and oxygen atoms in total. The number of anilines is 2. The lowest BCUT2D eigenvalue weighted by Crippen LogP contribution is -2.30. The monoisotopic (exact) mass is 647 g/mol. The number of alkyl halides is 4. The smallest absolute Gasteiger partial charge is 0.395 e. The Kier molecular flexibility index (Phi) is 6.65. The maximum absolute atomic E-state index is 14.7. The third-order valence-corrected chi connectivity index (χ3v) is 8.10. The van der Waals surface area contributed by atoms with Gasteiger partial charge >= 0.3 is 6.29 Å². The minimum atomic E-state index is -3.98. The van der Waals surface area contributed by atoms with Crippen LogP contribution in [0.15, 0.2) is 43.1 Å². The number of ether oxygens (including phenoxy) is 2. The van der Waals surface area contributed by atoms with E-state index in [1.165, 1.54) is 28.2 Å². The van der Waals surface area contributed by atoms with Crippen molar-refractivity contribution in [2.24, 2.45) is 11.8 Å². The van der Waals surface area contributed by atoms with Crippen molar-refractivity contribution < 1.29 is 41.0 Å². The minimum Gasteiger partial charge on any atom is -0.395 e. The first-order chi connectivity index (χ1) is 21.4. The molecule has 3 aromatic heterocycles. The van der Waals surface area contributed by atoms with Crippen LogP contribution in [0.2, 0.25) is 5.02 Å². The van der Waals surface area contributed by atoms with Gasteiger partial charge in [-0.25, -0.2) is 23.1 Å². The average Bonchev–Trinajstić information content (AvgIpc) is 3.29. The molecule has 3 atom stereocenters. The molecule has 3 aliphatic rings. The van der Waals surface area contributed by atoms with Gasteiger partial charge in [0.25, 0.3) is 12.3 Å². The number of hydrogen-bond acceptors (Lipinski definition) is 8. The van der Waals surface area contributed by atoms with Crippen molar-refractivity contribution in [3.8, 4) is 22.8 Å². The summed E-state index contributed by atoms with van der Waals surface area (Å²) in [4.78, 5) is 39.0. The number of aromatic nitrogens is 5. The Hall–Kier alpha value is -4.86. The normalized spacial score (nSPS) is 20.0. The summed E-state index contributed by atoms with van der Waals surface area (Å²) in [5.74, 6) is -2.84. The van der Waals surface area contributed by atoms with E-state index in [4.69, 9.17) is 21.1 Å². The molecule has 45 heavy (non-hydrogen) atoms. The summed E-state index contributed by atoms with van der Waals surface area (Å²) in [6, 6.07) is 1.18. The van der Waals surface area contributed by atoms with Crippen molar-refractivity contribution in [2.45, 2.75) is 32.1 Å². The van der Waals surface area contributed by atoms with Crippen molar-refractivity contribution in [1.82, 2.24) is 24.7 Å². The van der Waals surface area contributed by atoms with Gasteiger partial charge in [-0.1, -0.05) is 17.7 Å². The van der Waals surface area contributed by atoms with Crippen LogP contribution in [0, 0.1) is 17.7 Å². The Morgan fingerprint density at radius 1 is 1.13 bits per heavy atom. The number of hydrogen-bond donors (Lipinski definition) is 1. The molecule has 4 aromatic rings. The second-order valence-corrected chi connectivity index (χ2v) is 11.1. The fourth-order valence-corrected chi connectivity index (χ4v) is 5.61. The van der Waals surface area contributed by atoms with Crippen molar-refractivity contribution in [1.29, 1.82) is 0 Å². The van der Waals surface area contributed by atoms with Crippen molar-refractivity contribution in [3.63, 3.8) is 0 Å². The Morgan fingerprint density at radius 2 is 1.91 bits per heavy atom. The Morgan fingerprint density at radius 3 is 2.64 bits per heavy atom. The van der Waals surface area contributed by atoms with Gasteiger partial charge in [0.2, 0.25) is 11.7 Å². The number of carbonyl (C=O) groups excluding carboxylic acids is 2. The summed E-state index contributed by atoms with van der Waals surface area (Å²) in [6.45, 7) is 1.96. The van der Waals surface area contributed by atoms with E-state index in [0.29, 0.717) is 6.54 Å². The van der Waals surface area contributed by atoms with Crippen LogP contribution >= 0.6 is 11.6 Å². The molecule has 232 valence electrons. The van der Waals surface area contributed by atoms with Gasteiger partial charge in [-0.05, 0) is 25.3 Å². The van der Waals surface area contributed by atoms with Crippen molar-refractivity contribution in [3.05, 3.63) is 70.8 Å². The molecule has 1 saturated carbocycles. The molecule has 1 saturated heterocycles. The molecule has 2 amide bonds. The van der Waals surface area contributed by atoms with E-state index in [1.54, 1.807) is 6.92 Å². The van der Waals surface area contributed by atoms with E-state index in [1.807, 2.05) is 0 Å². The number of piperidine rings is 1. The summed E-state index contributed by atoms with van der Waals surface area (Å²) in [5, 5.41) is 6.30. The lowest BCUT2D eigenvalue weighted by atomic mass is 10.0. The van der Waals surface area contributed by atoms with Gasteiger partial charge in [0.1, 0.15) is 5.69 Å². The number of halogens is 6.